The first-order valence-corrected chi connectivity index (χ1v) is 5.78. The zero-order chi connectivity index (χ0) is 7.68. The van der Waals surface area contributed by atoms with Gasteiger partial charge < -0.3 is 9.47 Å². The van der Waals surface area contributed by atoms with E-state index < -0.39 is 0 Å². The Balaban J connectivity index is 2.18. The minimum absolute atomic E-state index is 0.234. The van der Waals surface area contributed by atoms with Gasteiger partial charge in [0.1, 0.15) is 12.7 Å². The highest BCUT2D eigenvalue weighted by Gasteiger charge is 2.19. The number of fused-ring (bicyclic) bond motifs is 1. The molecule has 2 heterocycles. The van der Waals surface area contributed by atoms with Crippen LogP contribution in [0.1, 0.15) is 0 Å². The summed E-state index contributed by atoms with van der Waals surface area (Å²) in [6.07, 6.45) is 0.234. The average Bonchev–Trinajstić information content (AvgIpc) is 2.50. The molecule has 2 nitrogen and oxygen atoms in total. The van der Waals surface area contributed by atoms with Gasteiger partial charge >= 0.3 is 0 Å². The van der Waals surface area contributed by atoms with E-state index in [1.807, 2.05) is 10.8 Å². The molecule has 2 rings (SSSR count). The van der Waals surface area contributed by atoms with E-state index in [9.17, 15) is 0 Å². The lowest BCUT2D eigenvalue weighted by atomic mass is 10.4. The molecule has 1 atom stereocenters. The van der Waals surface area contributed by atoms with Crippen molar-refractivity contribution in [1.82, 2.24) is 0 Å². The summed E-state index contributed by atoms with van der Waals surface area (Å²) in [6.45, 7) is 0.687. The van der Waals surface area contributed by atoms with Gasteiger partial charge in [-0.1, -0.05) is 22.6 Å². The van der Waals surface area contributed by atoms with Crippen molar-refractivity contribution < 1.29 is 9.47 Å². The Morgan fingerprint density at radius 2 is 2.36 bits per heavy atom. The number of ether oxygens (including phenoxy) is 2. The van der Waals surface area contributed by atoms with Crippen molar-refractivity contribution in [2.24, 2.45) is 0 Å². The van der Waals surface area contributed by atoms with E-state index in [0.29, 0.717) is 6.61 Å². The molecular weight excluding hydrogens is 275 g/mol. The number of halogens is 1. The molecule has 11 heavy (non-hydrogen) atoms. The molecule has 0 fully saturated rings. The van der Waals surface area contributed by atoms with Gasteiger partial charge in [0.25, 0.3) is 0 Å². The van der Waals surface area contributed by atoms with E-state index in [2.05, 4.69) is 22.6 Å². The molecule has 60 valence electrons. The van der Waals surface area contributed by atoms with Gasteiger partial charge in [-0.05, 0) is 0 Å². The summed E-state index contributed by atoms with van der Waals surface area (Å²) < 4.78 is 12.0. The molecule has 0 amide bonds. The van der Waals surface area contributed by atoms with E-state index in [4.69, 9.17) is 9.47 Å². The molecule has 0 aromatic carbocycles. The normalized spacial score (nSPS) is 21.7. The van der Waals surface area contributed by atoms with Crippen LogP contribution in [0.4, 0.5) is 0 Å². The minimum atomic E-state index is 0.234. The van der Waals surface area contributed by atoms with Crippen LogP contribution < -0.4 is 9.47 Å². The Hall–Kier alpha value is 0.0300. The highest BCUT2D eigenvalue weighted by Crippen LogP contribution is 2.35. The predicted octanol–water partition coefficient (Wildman–Crippen LogP) is 2.32. The fourth-order valence-corrected chi connectivity index (χ4v) is 2.04. The van der Waals surface area contributed by atoms with Crippen molar-refractivity contribution in [3.63, 3.8) is 0 Å². The van der Waals surface area contributed by atoms with Gasteiger partial charge in [-0.3, -0.25) is 0 Å². The van der Waals surface area contributed by atoms with Gasteiger partial charge in [0.2, 0.25) is 0 Å². The van der Waals surface area contributed by atoms with Crippen LogP contribution >= 0.6 is 33.9 Å². The summed E-state index contributed by atoms with van der Waals surface area (Å²) in [5.74, 6) is 1.80. The van der Waals surface area contributed by atoms with Crippen LogP contribution in [0.15, 0.2) is 10.8 Å². The molecule has 0 bridgehead atoms. The van der Waals surface area contributed by atoms with Crippen molar-refractivity contribution in [1.29, 1.82) is 0 Å². The van der Waals surface area contributed by atoms with Crippen LogP contribution in [0.5, 0.6) is 11.5 Å². The minimum Gasteiger partial charge on any atom is -0.485 e. The molecule has 0 saturated heterocycles. The first-order valence-electron chi connectivity index (χ1n) is 3.32. The molecule has 0 aliphatic carbocycles. The van der Waals surface area contributed by atoms with E-state index in [-0.39, 0.29) is 6.10 Å². The van der Waals surface area contributed by atoms with Crippen molar-refractivity contribution in [2.45, 2.75) is 6.10 Å². The van der Waals surface area contributed by atoms with Crippen LogP contribution in [0, 0.1) is 0 Å². The standard InChI is InChI=1S/C7H7IO2S/c8-1-5-2-9-6-3-11-4-7(6)10-5/h3-5H,1-2H2. The summed E-state index contributed by atoms with van der Waals surface area (Å²) in [6, 6.07) is 0. The molecule has 1 unspecified atom stereocenters. The number of thiophene rings is 1. The van der Waals surface area contributed by atoms with Gasteiger partial charge in [-0.2, -0.15) is 0 Å². The first kappa shape index (κ1) is 7.67. The maximum absolute atomic E-state index is 5.60. The monoisotopic (exact) mass is 282 g/mol. The molecule has 1 aromatic heterocycles. The second-order valence-electron chi connectivity index (χ2n) is 2.31. The number of hydrogen-bond donors (Lipinski definition) is 0. The Bertz CT molecular complexity index is 248. The highest BCUT2D eigenvalue weighted by molar-refractivity contribution is 14.1. The van der Waals surface area contributed by atoms with Gasteiger partial charge in [0.15, 0.2) is 11.5 Å². The summed E-state index contributed by atoms with van der Waals surface area (Å²) in [4.78, 5) is 0. The largest absolute Gasteiger partial charge is 0.485 e. The lowest BCUT2D eigenvalue weighted by Gasteiger charge is -2.22. The molecule has 0 N–H and O–H groups in total. The quantitative estimate of drug-likeness (QED) is 0.581. The maximum atomic E-state index is 5.60. The number of hydrogen-bond acceptors (Lipinski definition) is 3. The van der Waals surface area contributed by atoms with E-state index >= 15 is 0 Å². The van der Waals surface area contributed by atoms with Crippen molar-refractivity contribution in [3.05, 3.63) is 10.8 Å². The van der Waals surface area contributed by atoms with Gasteiger partial charge in [0, 0.05) is 15.2 Å². The summed E-state index contributed by atoms with van der Waals surface area (Å²) in [7, 11) is 0. The van der Waals surface area contributed by atoms with E-state index in [0.717, 1.165) is 15.9 Å². The topological polar surface area (TPSA) is 18.5 Å². The molecule has 0 saturated carbocycles. The molecule has 1 aliphatic rings. The molecule has 1 aliphatic heterocycles. The van der Waals surface area contributed by atoms with E-state index in [1.165, 1.54) is 0 Å². The SMILES string of the molecule is ICC1COc2cscc2O1. The second-order valence-corrected chi connectivity index (χ2v) is 3.93. The van der Waals surface area contributed by atoms with Gasteiger partial charge in [-0.25, -0.2) is 0 Å². The van der Waals surface area contributed by atoms with Crippen LogP contribution in [0.3, 0.4) is 0 Å². The Labute approximate surface area is 82.6 Å². The third-order valence-corrected chi connectivity index (χ3v) is 3.17. The molecule has 1 aromatic rings. The van der Waals surface area contributed by atoms with Crippen LogP contribution in [0.25, 0.3) is 0 Å². The average molecular weight is 282 g/mol. The van der Waals surface area contributed by atoms with Gasteiger partial charge in [-0.15, -0.1) is 11.3 Å². The smallest absolute Gasteiger partial charge is 0.172 e. The Morgan fingerprint density at radius 1 is 1.55 bits per heavy atom. The molecule has 4 heteroatoms. The van der Waals surface area contributed by atoms with E-state index in [1.54, 1.807) is 11.3 Å². The summed E-state index contributed by atoms with van der Waals surface area (Å²) >= 11 is 3.92. The lowest BCUT2D eigenvalue weighted by molar-refractivity contribution is 0.111. The number of alkyl halides is 1. The Kier molecular flexibility index (Phi) is 2.22. The lowest BCUT2D eigenvalue weighted by Crippen LogP contribution is -2.29. The molecule has 0 spiro atoms. The van der Waals surface area contributed by atoms with Crippen molar-refractivity contribution in [3.8, 4) is 11.5 Å². The summed E-state index contributed by atoms with van der Waals surface area (Å²) in [5, 5.41) is 3.95. The summed E-state index contributed by atoms with van der Waals surface area (Å²) in [5.41, 5.74) is 0. The third-order valence-electron chi connectivity index (χ3n) is 1.48. The fourth-order valence-electron chi connectivity index (χ4n) is 0.937. The number of rotatable bonds is 1. The van der Waals surface area contributed by atoms with Crippen LogP contribution in [-0.4, -0.2) is 17.1 Å². The van der Waals surface area contributed by atoms with Crippen LogP contribution in [0.2, 0.25) is 0 Å². The zero-order valence-electron chi connectivity index (χ0n) is 5.75. The maximum Gasteiger partial charge on any atom is 0.172 e. The first-order chi connectivity index (χ1) is 5.40. The van der Waals surface area contributed by atoms with Crippen molar-refractivity contribution in [2.75, 3.05) is 11.0 Å². The third kappa shape index (κ3) is 1.46. The van der Waals surface area contributed by atoms with Crippen LogP contribution in [-0.2, 0) is 0 Å². The molecule has 0 radical (unpaired) electrons. The zero-order valence-corrected chi connectivity index (χ0v) is 8.72. The molecular formula is C7H7IO2S. The fraction of sp³-hybridized carbons (Fsp3) is 0.429. The second kappa shape index (κ2) is 3.18. The Morgan fingerprint density at radius 3 is 3.18 bits per heavy atom. The van der Waals surface area contributed by atoms with Crippen molar-refractivity contribution >= 4 is 33.9 Å². The van der Waals surface area contributed by atoms with Gasteiger partial charge in [0.05, 0.1) is 0 Å². The predicted molar refractivity (Wildman–Crippen MR) is 53.1 cm³/mol. The highest BCUT2D eigenvalue weighted by atomic mass is 127.